The molecule has 1 unspecified atom stereocenters. The number of rotatable bonds is 5. The van der Waals surface area contributed by atoms with Crippen LogP contribution < -0.4 is 4.90 Å². The SMILES string of the molecule is CC(=O)c1ccc(N2CCCC2CCCO)cn1. The lowest BCUT2D eigenvalue weighted by Gasteiger charge is -2.26. The summed E-state index contributed by atoms with van der Waals surface area (Å²) in [5, 5.41) is 8.91. The van der Waals surface area contributed by atoms with Gasteiger partial charge in [0.05, 0.1) is 11.9 Å². The molecule has 2 rings (SSSR count). The van der Waals surface area contributed by atoms with Gasteiger partial charge in [-0.1, -0.05) is 0 Å². The van der Waals surface area contributed by atoms with Crippen molar-refractivity contribution in [2.45, 2.75) is 38.6 Å². The van der Waals surface area contributed by atoms with Gasteiger partial charge in [0, 0.05) is 26.1 Å². The van der Waals surface area contributed by atoms with Gasteiger partial charge in [-0.2, -0.15) is 0 Å². The predicted octanol–water partition coefficient (Wildman–Crippen LogP) is 2.03. The molecule has 0 spiro atoms. The maximum Gasteiger partial charge on any atom is 0.178 e. The number of pyridine rings is 1. The summed E-state index contributed by atoms with van der Waals surface area (Å²) in [6, 6.07) is 4.27. The van der Waals surface area contributed by atoms with Gasteiger partial charge in [-0.3, -0.25) is 9.78 Å². The van der Waals surface area contributed by atoms with Gasteiger partial charge in [-0.15, -0.1) is 0 Å². The van der Waals surface area contributed by atoms with Crippen LogP contribution in [0.5, 0.6) is 0 Å². The summed E-state index contributed by atoms with van der Waals surface area (Å²) in [5.41, 5.74) is 1.60. The monoisotopic (exact) mass is 248 g/mol. The number of carbonyl (C=O) groups excluding carboxylic acids is 1. The number of Topliss-reactive ketones (excluding diaryl/α,β-unsaturated/α-hetero) is 1. The molecular formula is C14H20N2O2. The molecule has 0 amide bonds. The first-order valence-electron chi connectivity index (χ1n) is 6.57. The molecule has 0 radical (unpaired) electrons. The van der Waals surface area contributed by atoms with Crippen molar-refractivity contribution in [1.82, 2.24) is 4.98 Å². The zero-order valence-corrected chi connectivity index (χ0v) is 10.8. The first-order valence-corrected chi connectivity index (χ1v) is 6.57. The Morgan fingerprint density at radius 1 is 1.56 bits per heavy atom. The Hall–Kier alpha value is -1.42. The summed E-state index contributed by atoms with van der Waals surface area (Å²) >= 11 is 0. The number of hydrogen-bond donors (Lipinski definition) is 1. The van der Waals surface area contributed by atoms with Crippen LogP contribution in [-0.2, 0) is 0 Å². The molecule has 1 N–H and O–H groups in total. The fourth-order valence-corrected chi connectivity index (χ4v) is 2.57. The van der Waals surface area contributed by atoms with Crippen molar-refractivity contribution in [3.63, 3.8) is 0 Å². The molecule has 18 heavy (non-hydrogen) atoms. The molecule has 1 saturated heterocycles. The molecule has 1 atom stereocenters. The van der Waals surface area contributed by atoms with Crippen LogP contribution in [0.15, 0.2) is 18.3 Å². The number of aliphatic hydroxyl groups excluding tert-OH is 1. The minimum atomic E-state index is -0.000183. The molecular weight excluding hydrogens is 228 g/mol. The molecule has 1 aliphatic rings. The molecule has 4 nitrogen and oxygen atoms in total. The fourth-order valence-electron chi connectivity index (χ4n) is 2.57. The quantitative estimate of drug-likeness (QED) is 0.810. The number of ketones is 1. The van der Waals surface area contributed by atoms with Gasteiger partial charge in [0.15, 0.2) is 5.78 Å². The largest absolute Gasteiger partial charge is 0.396 e. The van der Waals surface area contributed by atoms with Crippen LogP contribution in [0.4, 0.5) is 5.69 Å². The molecule has 1 aromatic heterocycles. The van der Waals surface area contributed by atoms with Crippen LogP contribution in [0.25, 0.3) is 0 Å². The molecule has 1 aliphatic heterocycles. The van der Waals surface area contributed by atoms with Gasteiger partial charge >= 0.3 is 0 Å². The van der Waals surface area contributed by atoms with E-state index < -0.39 is 0 Å². The number of aromatic nitrogens is 1. The Balaban J connectivity index is 2.07. The van der Waals surface area contributed by atoms with E-state index in [-0.39, 0.29) is 12.4 Å². The average molecular weight is 248 g/mol. The third-order valence-corrected chi connectivity index (χ3v) is 3.51. The van der Waals surface area contributed by atoms with Crippen molar-refractivity contribution in [3.05, 3.63) is 24.0 Å². The highest BCUT2D eigenvalue weighted by molar-refractivity contribution is 5.92. The van der Waals surface area contributed by atoms with Crippen molar-refractivity contribution in [2.24, 2.45) is 0 Å². The second-order valence-corrected chi connectivity index (χ2v) is 4.81. The van der Waals surface area contributed by atoms with E-state index in [1.54, 1.807) is 12.3 Å². The molecule has 0 aliphatic carbocycles. The minimum Gasteiger partial charge on any atom is -0.396 e. The topological polar surface area (TPSA) is 53.4 Å². The smallest absolute Gasteiger partial charge is 0.178 e. The summed E-state index contributed by atoms with van der Waals surface area (Å²) < 4.78 is 0. The van der Waals surface area contributed by atoms with Crippen LogP contribution >= 0.6 is 0 Å². The van der Waals surface area contributed by atoms with E-state index in [9.17, 15) is 4.79 Å². The zero-order valence-electron chi connectivity index (χ0n) is 10.8. The van der Waals surface area contributed by atoms with Crippen LogP contribution in [0.1, 0.15) is 43.1 Å². The highest BCUT2D eigenvalue weighted by Gasteiger charge is 2.24. The Morgan fingerprint density at radius 2 is 2.39 bits per heavy atom. The van der Waals surface area contributed by atoms with Crippen LogP contribution in [0.2, 0.25) is 0 Å². The lowest BCUT2D eigenvalue weighted by atomic mass is 10.1. The van der Waals surface area contributed by atoms with Gasteiger partial charge in [0.2, 0.25) is 0 Å². The van der Waals surface area contributed by atoms with Crippen molar-refractivity contribution in [2.75, 3.05) is 18.1 Å². The normalized spacial score (nSPS) is 19.2. The van der Waals surface area contributed by atoms with E-state index >= 15 is 0 Å². The second-order valence-electron chi connectivity index (χ2n) is 4.81. The minimum absolute atomic E-state index is 0.000183. The first kappa shape index (κ1) is 13.0. The highest BCUT2D eigenvalue weighted by Crippen LogP contribution is 2.27. The fraction of sp³-hybridized carbons (Fsp3) is 0.571. The molecule has 98 valence electrons. The van der Waals surface area contributed by atoms with E-state index in [0.29, 0.717) is 11.7 Å². The Bertz CT molecular complexity index is 403. The molecule has 1 fully saturated rings. The van der Waals surface area contributed by atoms with Crippen molar-refractivity contribution in [3.8, 4) is 0 Å². The number of carbonyl (C=O) groups is 1. The summed E-state index contributed by atoms with van der Waals surface area (Å²) in [4.78, 5) is 17.7. The number of anilines is 1. The van der Waals surface area contributed by atoms with Gasteiger partial charge in [0.25, 0.3) is 0 Å². The van der Waals surface area contributed by atoms with Crippen LogP contribution in [0, 0.1) is 0 Å². The van der Waals surface area contributed by atoms with Crippen molar-refractivity contribution in [1.29, 1.82) is 0 Å². The van der Waals surface area contributed by atoms with Gasteiger partial charge in [-0.25, -0.2) is 0 Å². The van der Waals surface area contributed by atoms with Gasteiger partial charge in [-0.05, 0) is 37.8 Å². The molecule has 4 heteroatoms. The zero-order chi connectivity index (χ0) is 13.0. The van der Waals surface area contributed by atoms with Crippen molar-refractivity contribution < 1.29 is 9.90 Å². The Morgan fingerprint density at radius 3 is 3.00 bits per heavy atom. The lowest BCUT2D eigenvalue weighted by molar-refractivity contribution is 0.101. The van der Waals surface area contributed by atoms with E-state index in [1.807, 2.05) is 6.07 Å². The molecule has 0 aromatic carbocycles. The third kappa shape index (κ3) is 2.88. The van der Waals surface area contributed by atoms with E-state index in [4.69, 9.17) is 5.11 Å². The summed E-state index contributed by atoms with van der Waals surface area (Å²) in [7, 11) is 0. The van der Waals surface area contributed by atoms with Crippen molar-refractivity contribution >= 4 is 11.5 Å². The van der Waals surface area contributed by atoms with Gasteiger partial charge < -0.3 is 10.0 Å². The van der Waals surface area contributed by atoms with E-state index in [2.05, 4.69) is 9.88 Å². The predicted molar refractivity (Wildman–Crippen MR) is 70.9 cm³/mol. The van der Waals surface area contributed by atoms with Gasteiger partial charge in [0.1, 0.15) is 5.69 Å². The summed E-state index contributed by atoms with van der Waals surface area (Å²) in [6.07, 6.45) is 6.01. The Kier molecular flexibility index (Phi) is 4.31. The third-order valence-electron chi connectivity index (χ3n) is 3.51. The standard InChI is InChI=1S/C14H20N2O2/c1-11(18)14-7-6-13(10-15-14)16-8-2-4-12(16)5-3-9-17/h6-7,10,12,17H,2-5,8-9H2,1H3. The molecule has 0 bridgehead atoms. The molecule has 1 aromatic rings. The molecule has 0 saturated carbocycles. The second kappa shape index (κ2) is 5.96. The lowest BCUT2D eigenvalue weighted by Crippen LogP contribution is -2.29. The summed E-state index contributed by atoms with van der Waals surface area (Å²) in [5.74, 6) is -0.000183. The van der Waals surface area contributed by atoms with Crippen LogP contribution in [0.3, 0.4) is 0 Å². The summed E-state index contributed by atoms with van der Waals surface area (Å²) in [6.45, 7) is 2.82. The highest BCUT2D eigenvalue weighted by atomic mass is 16.2. The maximum absolute atomic E-state index is 11.2. The maximum atomic E-state index is 11.2. The number of nitrogens with zero attached hydrogens (tertiary/aromatic N) is 2. The van der Waals surface area contributed by atoms with E-state index in [0.717, 1.165) is 25.1 Å². The van der Waals surface area contributed by atoms with E-state index in [1.165, 1.54) is 19.8 Å². The molecule has 2 heterocycles. The number of hydrogen-bond acceptors (Lipinski definition) is 4. The first-order chi connectivity index (χ1) is 8.72. The Labute approximate surface area is 108 Å². The average Bonchev–Trinajstić information content (AvgIpc) is 2.84. The van der Waals surface area contributed by atoms with Crippen LogP contribution in [-0.4, -0.2) is 35.1 Å². The number of aliphatic hydroxyl groups is 1.